The first-order valence-corrected chi connectivity index (χ1v) is 8.63. The number of amides is 3. The molecule has 1 atom stereocenters. The summed E-state index contributed by atoms with van der Waals surface area (Å²) >= 11 is 0. The van der Waals surface area contributed by atoms with Crippen molar-refractivity contribution in [2.75, 3.05) is 6.54 Å². The number of hydroxylamine groups is 1. The summed E-state index contributed by atoms with van der Waals surface area (Å²) in [4.78, 5) is 35.0. The number of hydrogen-bond donors (Lipinski definition) is 4. The van der Waals surface area contributed by atoms with Gasteiger partial charge in [-0.25, -0.2) is 5.48 Å². The van der Waals surface area contributed by atoms with Gasteiger partial charge in [0.15, 0.2) is 0 Å². The van der Waals surface area contributed by atoms with Crippen molar-refractivity contribution in [3.8, 4) is 11.1 Å². The van der Waals surface area contributed by atoms with E-state index in [2.05, 4.69) is 29.7 Å². The fraction of sp³-hybridized carbons (Fsp3) is 0.250. The molecule has 7 heteroatoms. The molecular formula is C20H23N3O4. The molecule has 0 aliphatic heterocycles. The molecule has 0 saturated heterocycles. The van der Waals surface area contributed by atoms with Gasteiger partial charge in [-0.15, -0.1) is 0 Å². The molecule has 2 aromatic rings. The number of nitrogens with one attached hydrogen (secondary N) is 3. The van der Waals surface area contributed by atoms with Crippen LogP contribution in [0.15, 0.2) is 48.5 Å². The van der Waals surface area contributed by atoms with Gasteiger partial charge in [0.2, 0.25) is 5.91 Å². The quantitative estimate of drug-likeness (QED) is 0.440. The Labute approximate surface area is 157 Å². The predicted molar refractivity (Wildman–Crippen MR) is 101 cm³/mol. The van der Waals surface area contributed by atoms with Gasteiger partial charge < -0.3 is 10.6 Å². The van der Waals surface area contributed by atoms with Crippen LogP contribution in [0.4, 0.5) is 0 Å². The SMILES string of the molecule is CCc1ccc(-c2ccc(C(=O)NC(CNC(C)=O)C(=O)NO)cc2)cc1. The van der Waals surface area contributed by atoms with Crippen LogP contribution in [0.5, 0.6) is 0 Å². The van der Waals surface area contributed by atoms with Gasteiger partial charge >= 0.3 is 0 Å². The fourth-order valence-electron chi connectivity index (χ4n) is 2.52. The zero-order valence-corrected chi connectivity index (χ0v) is 15.3. The largest absolute Gasteiger partial charge is 0.354 e. The van der Waals surface area contributed by atoms with E-state index >= 15 is 0 Å². The molecule has 0 radical (unpaired) electrons. The van der Waals surface area contributed by atoms with Crippen LogP contribution >= 0.6 is 0 Å². The molecule has 0 fully saturated rings. The second-order valence-corrected chi connectivity index (χ2v) is 6.07. The first-order chi connectivity index (χ1) is 12.9. The molecule has 0 heterocycles. The summed E-state index contributed by atoms with van der Waals surface area (Å²) in [6, 6.07) is 14.1. The summed E-state index contributed by atoms with van der Waals surface area (Å²) in [5, 5.41) is 13.7. The van der Waals surface area contributed by atoms with Crippen molar-refractivity contribution >= 4 is 17.7 Å². The molecule has 0 spiro atoms. The van der Waals surface area contributed by atoms with Crippen molar-refractivity contribution in [2.24, 2.45) is 0 Å². The van der Waals surface area contributed by atoms with Crippen LogP contribution in [-0.4, -0.2) is 35.5 Å². The third-order valence-electron chi connectivity index (χ3n) is 4.13. The molecule has 27 heavy (non-hydrogen) atoms. The van der Waals surface area contributed by atoms with E-state index < -0.39 is 17.9 Å². The lowest BCUT2D eigenvalue weighted by atomic mass is 10.0. The average Bonchev–Trinajstić information content (AvgIpc) is 2.70. The van der Waals surface area contributed by atoms with Crippen LogP contribution in [-0.2, 0) is 16.0 Å². The molecule has 0 aliphatic rings. The van der Waals surface area contributed by atoms with Crippen LogP contribution in [0, 0.1) is 0 Å². The van der Waals surface area contributed by atoms with E-state index in [1.807, 2.05) is 24.3 Å². The average molecular weight is 369 g/mol. The van der Waals surface area contributed by atoms with Crippen molar-refractivity contribution in [1.29, 1.82) is 0 Å². The maximum atomic E-state index is 12.4. The van der Waals surface area contributed by atoms with Crippen molar-refractivity contribution < 1.29 is 19.6 Å². The standard InChI is InChI=1S/C20H23N3O4/c1-3-14-4-6-15(7-5-14)16-8-10-17(11-9-16)19(25)22-18(20(26)23-27)12-21-13(2)24/h4-11,18,27H,3,12H2,1-2H3,(H,21,24)(H,22,25)(H,23,26). The molecule has 7 nitrogen and oxygen atoms in total. The minimum absolute atomic E-state index is 0.130. The van der Waals surface area contributed by atoms with Gasteiger partial charge in [-0.3, -0.25) is 19.6 Å². The van der Waals surface area contributed by atoms with E-state index in [0.717, 1.165) is 17.5 Å². The summed E-state index contributed by atoms with van der Waals surface area (Å²) < 4.78 is 0. The smallest absolute Gasteiger partial charge is 0.267 e. The predicted octanol–water partition coefficient (Wildman–Crippen LogP) is 1.66. The van der Waals surface area contributed by atoms with Crippen LogP contribution in [0.3, 0.4) is 0 Å². The summed E-state index contributed by atoms with van der Waals surface area (Å²) in [5.74, 6) is -1.65. The van der Waals surface area contributed by atoms with Gasteiger partial charge in [-0.2, -0.15) is 0 Å². The van der Waals surface area contributed by atoms with Crippen molar-refractivity contribution in [2.45, 2.75) is 26.3 Å². The van der Waals surface area contributed by atoms with Gasteiger partial charge in [0.25, 0.3) is 11.8 Å². The fourth-order valence-corrected chi connectivity index (χ4v) is 2.52. The first-order valence-electron chi connectivity index (χ1n) is 8.63. The van der Waals surface area contributed by atoms with Gasteiger partial charge in [-0.05, 0) is 35.2 Å². The zero-order chi connectivity index (χ0) is 19.8. The Morgan fingerprint density at radius 2 is 1.52 bits per heavy atom. The van der Waals surface area contributed by atoms with Gasteiger partial charge in [-0.1, -0.05) is 43.3 Å². The highest BCUT2D eigenvalue weighted by Crippen LogP contribution is 2.20. The highest BCUT2D eigenvalue weighted by Gasteiger charge is 2.21. The minimum atomic E-state index is -1.09. The summed E-state index contributed by atoms with van der Waals surface area (Å²) in [6.45, 7) is 3.26. The Hall–Kier alpha value is -3.19. The third-order valence-corrected chi connectivity index (χ3v) is 4.13. The molecule has 4 N–H and O–H groups in total. The number of carbonyl (C=O) groups is 3. The zero-order valence-electron chi connectivity index (χ0n) is 15.3. The van der Waals surface area contributed by atoms with E-state index in [1.54, 1.807) is 12.1 Å². The molecule has 0 bridgehead atoms. The second-order valence-electron chi connectivity index (χ2n) is 6.07. The number of aryl methyl sites for hydroxylation is 1. The lowest BCUT2D eigenvalue weighted by Crippen LogP contribution is -2.51. The van der Waals surface area contributed by atoms with Gasteiger partial charge in [0.05, 0.1) is 0 Å². The molecule has 0 saturated carbocycles. The van der Waals surface area contributed by atoms with Gasteiger partial charge in [0.1, 0.15) is 6.04 Å². The Bertz CT molecular complexity index is 801. The Morgan fingerprint density at radius 1 is 0.963 bits per heavy atom. The topological polar surface area (TPSA) is 108 Å². The molecule has 3 amide bonds. The minimum Gasteiger partial charge on any atom is -0.354 e. The third kappa shape index (κ3) is 5.65. The van der Waals surface area contributed by atoms with E-state index in [1.165, 1.54) is 18.0 Å². The molecule has 2 rings (SSSR count). The maximum Gasteiger partial charge on any atom is 0.267 e. The molecule has 0 aromatic heterocycles. The number of hydrogen-bond acceptors (Lipinski definition) is 4. The Balaban J connectivity index is 2.08. The van der Waals surface area contributed by atoms with Crippen LogP contribution < -0.4 is 16.1 Å². The second kappa shape index (κ2) is 9.49. The Kier molecular flexibility index (Phi) is 7.08. The summed E-state index contributed by atoms with van der Waals surface area (Å²) in [6.07, 6.45) is 0.973. The maximum absolute atomic E-state index is 12.4. The summed E-state index contributed by atoms with van der Waals surface area (Å²) in [5.41, 5.74) is 5.11. The molecule has 1 unspecified atom stereocenters. The number of benzene rings is 2. The normalized spacial score (nSPS) is 11.4. The van der Waals surface area contributed by atoms with E-state index in [0.29, 0.717) is 5.56 Å². The Morgan fingerprint density at radius 3 is 2.00 bits per heavy atom. The van der Waals surface area contributed by atoms with Crippen molar-refractivity contribution in [3.63, 3.8) is 0 Å². The number of rotatable bonds is 7. The molecular weight excluding hydrogens is 346 g/mol. The highest BCUT2D eigenvalue weighted by atomic mass is 16.5. The van der Waals surface area contributed by atoms with Crippen molar-refractivity contribution in [3.05, 3.63) is 59.7 Å². The monoisotopic (exact) mass is 369 g/mol. The lowest BCUT2D eigenvalue weighted by molar-refractivity contribution is -0.131. The van der Waals surface area contributed by atoms with Gasteiger partial charge in [0, 0.05) is 19.0 Å². The molecule has 0 aliphatic carbocycles. The highest BCUT2D eigenvalue weighted by molar-refractivity contribution is 5.98. The lowest BCUT2D eigenvalue weighted by Gasteiger charge is -2.17. The summed E-state index contributed by atoms with van der Waals surface area (Å²) in [7, 11) is 0. The van der Waals surface area contributed by atoms with E-state index in [-0.39, 0.29) is 12.5 Å². The number of carbonyl (C=O) groups excluding carboxylic acids is 3. The van der Waals surface area contributed by atoms with Crippen LogP contribution in [0.2, 0.25) is 0 Å². The molecule has 142 valence electrons. The van der Waals surface area contributed by atoms with Crippen LogP contribution in [0.25, 0.3) is 11.1 Å². The van der Waals surface area contributed by atoms with Crippen LogP contribution in [0.1, 0.15) is 29.8 Å². The van der Waals surface area contributed by atoms with E-state index in [9.17, 15) is 14.4 Å². The van der Waals surface area contributed by atoms with Crippen molar-refractivity contribution in [1.82, 2.24) is 16.1 Å². The van der Waals surface area contributed by atoms with E-state index in [4.69, 9.17) is 5.21 Å². The molecule has 2 aromatic carbocycles. The first kappa shape index (κ1) is 20.1.